The number of nitrogen functional groups attached to an aromatic ring is 1. The normalized spacial score (nSPS) is 10.8. The molecule has 2 rings (SSSR count). The number of rotatable bonds is 1. The van der Waals surface area contributed by atoms with E-state index in [1.807, 2.05) is 18.2 Å². The second kappa shape index (κ2) is 2.48. The second-order valence-corrected chi connectivity index (χ2v) is 2.67. The first-order chi connectivity index (χ1) is 5.83. The number of aromatic nitrogens is 3. The Bertz CT molecular complexity index is 404. The zero-order chi connectivity index (χ0) is 8.55. The number of nitrogens with zero attached hydrogens (tertiary/aromatic N) is 3. The van der Waals surface area contributed by atoms with Crippen molar-refractivity contribution in [2.45, 2.75) is 13.3 Å². The molecular weight excluding hydrogens is 152 g/mol. The number of aryl methyl sites for hydroxylation is 1. The van der Waals surface area contributed by atoms with E-state index in [-0.39, 0.29) is 0 Å². The molecule has 0 unspecified atom stereocenters. The Morgan fingerprint density at radius 3 is 3.08 bits per heavy atom. The minimum Gasteiger partial charge on any atom is -0.321 e. The number of nitrogens with two attached hydrogens (primary N) is 1. The first-order valence-electron chi connectivity index (χ1n) is 3.91. The van der Waals surface area contributed by atoms with E-state index in [0.29, 0.717) is 0 Å². The zero-order valence-electron chi connectivity index (χ0n) is 6.86. The fraction of sp³-hybridized carbons (Fsp3) is 0.250. The minimum absolute atomic E-state index is 0.858. The van der Waals surface area contributed by atoms with E-state index >= 15 is 0 Å². The Morgan fingerprint density at radius 1 is 1.50 bits per heavy atom. The van der Waals surface area contributed by atoms with Crippen LogP contribution in [0.3, 0.4) is 0 Å². The van der Waals surface area contributed by atoms with Gasteiger partial charge >= 0.3 is 0 Å². The number of fused-ring (bicyclic) bond motifs is 1. The second-order valence-electron chi connectivity index (χ2n) is 2.67. The average molecular weight is 162 g/mol. The molecule has 0 fully saturated rings. The molecule has 0 saturated heterocycles. The van der Waals surface area contributed by atoms with Crippen LogP contribution in [0, 0.1) is 0 Å². The van der Waals surface area contributed by atoms with Gasteiger partial charge in [0, 0.05) is 0 Å². The van der Waals surface area contributed by atoms with Gasteiger partial charge in [-0.05, 0) is 23.3 Å². The maximum Gasteiger partial charge on any atom is 0.115 e. The van der Waals surface area contributed by atoms with Crippen LogP contribution in [0.25, 0.3) is 11.0 Å². The van der Waals surface area contributed by atoms with Gasteiger partial charge in [-0.3, -0.25) is 0 Å². The molecule has 4 nitrogen and oxygen atoms in total. The quantitative estimate of drug-likeness (QED) is 0.628. The topological polar surface area (TPSA) is 56.7 Å². The maximum absolute atomic E-state index is 5.60. The lowest BCUT2D eigenvalue weighted by Crippen LogP contribution is -2.10. The molecule has 1 aromatic carbocycles. The van der Waals surface area contributed by atoms with Gasteiger partial charge in [0.15, 0.2) is 0 Å². The van der Waals surface area contributed by atoms with Crippen molar-refractivity contribution in [1.82, 2.24) is 15.1 Å². The summed E-state index contributed by atoms with van der Waals surface area (Å²) in [6.45, 7) is 2.09. The monoisotopic (exact) mass is 162 g/mol. The van der Waals surface area contributed by atoms with Crippen LogP contribution in [0.1, 0.15) is 12.5 Å². The summed E-state index contributed by atoms with van der Waals surface area (Å²) in [4.78, 5) is 1.33. The van der Waals surface area contributed by atoms with E-state index in [0.717, 1.165) is 17.5 Å². The van der Waals surface area contributed by atoms with Crippen LogP contribution in [-0.2, 0) is 6.42 Å². The first kappa shape index (κ1) is 7.09. The van der Waals surface area contributed by atoms with E-state index in [1.54, 1.807) is 0 Å². The smallest absolute Gasteiger partial charge is 0.115 e. The molecule has 1 aromatic heterocycles. The van der Waals surface area contributed by atoms with Crippen LogP contribution in [0.5, 0.6) is 0 Å². The number of benzene rings is 1. The maximum atomic E-state index is 5.60. The minimum atomic E-state index is 0.858. The number of hydrogen-bond acceptors (Lipinski definition) is 3. The predicted molar refractivity (Wildman–Crippen MR) is 47.1 cm³/mol. The van der Waals surface area contributed by atoms with Gasteiger partial charge in [0.2, 0.25) is 0 Å². The third kappa shape index (κ3) is 0.845. The lowest BCUT2D eigenvalue weighted by molar-refractivity contribution is 0.784. The molecule has 2 aromatic rings. The standard InChI is InChI=1S/C8H10N4/c1-2-6-4-3-5-7-8(6)12(9)11-10-7/h3-5H,2,9H2,1H3. The number of para-hydroxylation sites is 1. The Hall–Kier alpha value is -1.58. The summed E-state index contributed by atoms with van der Waals surface area (Å²) in [7, 11) is 0. The van der Waals surface area contributed by atoms with E-state index in [1.165, 1.54) is 10.4 Å². The third-order valence-electron chi connectivity index (χ3n) is 1.96. The van der Waals surface area contributed by atoms with E-state index < -0.39 is 0 Å². The van der Waals surface area contributed by atoms with Gasteiger partial charge in [0.1, 0.15) is 11.0 Å². The van der Waals surface area contributed by atoms with Gasteiger partial charge in [-0.1, -0.05) is 19.1 Å². The van der Waals surface area contributed by atoms with Crippen LogP contribution in [0.2, 0.25) is 0 Å². The molecule has 0 spiro atoms. The predicted octanol–water partition coefficient (Wildman–Crippen LogP) is 0.708. The van der Waals surface area contributed by atoms with Crippen molar-refractivity contribution in [2.75, 3.05) is 5.84 Å². The molecule has 0 radical (unpaired) electrons. The summed E-state index contributed by atoms with van der Waals surface area (Å²) in [5, 5.41) is 7.66. The third-order valence-corrected chi connectivity index (χ3v) is 1.96. The van der Waals surface area contributed by atoms with Crippen LogP contribution in [0.4, 0.5) is 0 Å². The van der Waals surface area contributed by atoms with Gasteiger partial charge in [-0.15, -0.1) is 5.10 Å². The van der Waals surface area contributed by atoms with Crippen molar-refractivity contribution in [3.63, 3.8) is 0 Å². The summed E-state index contributed by atoms with van der Waals surface area (Å²) in [6.07, 6.45) is 0.946. The molecule has 0 aliphatic rings. The number of hydrogen-bond donors (Lipinski definition) is 1. The Kier molecular flexibility index (Phi) is 1.46. The fourth-order valence-electron chi connectivity index (χ4n) is 1.35. The Balaban J connectivity index is 2.84. The van der Waals surface area contributed by atoms with Gasteiger partial charge in [-0.2, -0.15) is 4.79 Å². The molecule has 1 heterocycles. The highest BCUT2D eigenvalue weighted by Gasteiger charge is 2.04. The highest BCUT2D eigenvalue weighted by Crippen LogP contribution is 2.14. The summed E-state index contributed by atoms with van der Waals surface area (Å²) < 4.78 is 0. The molecule has 0 aliphatic carbocycles. The van der Waals surface area contributed by atoms with E-state index in [2.05, 4.69) is 17.2 Å². The fourth-order valence-corrected chi connectivity index (χ4v) is 1.35. The molecule has 0 atom stereocenters. The molecule has 0 saturated carbocycles. The van der Waals surface area contributed by atoms with Gasteiger partial charge in [0.25, 0.3) is 0 Å². The highest BCUT2D eigenvalue weighted by molar-refractivity contribution is 5.78. The van der Waals surface area contributed by atoms with Crippen molar-refractivity contribution in [1.29, 1.82) is 0 Å². The molecule has 2 N–H and O–H groups in total. The molecule has 62 valence electrons. The average Bonchev–Trinajstić information content (AvgIpc) is 2.48. The van der Waals surface area contributed by atoms with Crippen molar-refractivity contribution in [3.05, 3.63) is 23.8 Å². The van der Waals surface area contributed by atoms with Crippen molar-refractivity contribution in [2.24, 2.45) is 0 Å². The lowest BCUT2D eigenvalue weighted by atomic mass is 10.1. The van der Waals surface area contributed by atoms with Crippen LogP contribution >= 0.6 is 0 Å². The SMILES string of the molecule is CCc1cccc2nnn(N)c12. The summed E-state index contributed by atoms with van der Waals surface area (Å²) in [5.41, 5.74) is 2.97. The lowest BCUT2D eigenvalue weighted by Gasteiger charge is -1.98. The molecule has 4 heteroatoms. The van der Waals surface area contributed by atoms with Crippen molar-refractivity contribution in [3.8, 4) is 0 Å². The zero-order valence-corrected chi connectivity index (χ0v) is 6.86. The first-order valence-corrected chi connectivity index (χ1v) is 3.91. The largest absolute Gasteiger partial charge is 0.321 e. The Labute approximate surface area is 69.9 Å². The van der Waals surface area contributed by atoms with Crippen molar-refractivity contribution < 1.29 is 0 Å². The Morgan fingerprint density at radius 2 is 2.33 bits per heavy atom. The molecule has 12 heavy (non-hydrogen) atoms. The summed E-state index contributed by atoms with van der Waals surface area (Å²) in [5.74, 6) is 5.60. The highest BCUT2D eigenvalue weighted by atomic mass is 15.6. The molecular formula is C8H10N4. The summed E-state index contributed by atoms with van der Waals surface area (Å²) >= 11 is 0. The summed E-state index contributed by atoms with van der Waals surface area (Å²) in [6, 6.07) is 5.91. The van der Waals surface area contributed by atoms with Gasteiger partial charge in [-0.25, -0.2) is 0 Å². The molecule has 0 amide bonds. The molecule has 0 aliphatic heterocycles. The van der Waals surface area contributed by atoms with Crippen LogP contribution in [-0.4, -0.2) is 15.1 Å². The van der Waals surface area contributed by atoms with E-state index in [9.17, 15) is 0 Å². The van der Waals surface area contributed by atoms with Crippen molar-refractivity contribution >= 4 is 11.0 Å². The van der Waals surface area contributed by atoms with Gasteiger partial charge in [0.05, 0.1) is 0 Å². The molecule has 0 bridgehead atoms. The van der Waals surface area contributed by atoms with Gasteiger partial charge < -0.3 is 5.84 Å². The van der Waals surface area contributed by atoms with Crippen LogP contribution in [0.15, 0.2) is 18.2 Å². The van der Waals surface area contributed by atoms with Crippen LogP contribution < -0.4 is 5.84 Å². The van der Waals surface area contributed by atoms with E-state index in [4.69, 9.17) is 5.84 Å².